The van der Waals surface area contributed by atoms with E-state index in [1.165, 1.54) is 6.07 Å². The molecule has 181 valence electrons. The van der Waals surface area contributed by atoms with E-state index in [4.69, 9.17) is 14.0 Å². The molecule has 0 bridgehead atoms. The van der Waals surface area contributed by atoms with Gasteiger partial charge in [-0.2, -0.15) is 8.42 Å². The normalized spacial score (nSPS) is 12.2. The average Bonchev–Trinajstić information content (AvgIpc) is 3.55. The quantitative estimate of drug-likeness (QED) is 0.209. The summed E-state index contributed by atoms with van der Waals surface area (Å²) in [6, 6.07) is 27.5. The number of aromatic nitrogens is 2. The van der Waals surface area contributed by atoms with Crippen molar-refractivity contribution in [3.05, 3.63) is 108 Å². The van der Waals surface area contributed by atoms with Gasteiger partial charge in [-0.25, -0.2) is 9.97 Å². The van der Waals surface area contributed by atoms with Crippen LogP contribution in [0, 0.1) is 6.07 Å². The molecule has 0 saturated carbocycles. The van der Waals surface area contributed by atoms with Gasteiger partial charge in [0.1, 0.15) is 5.01 Å². The van der Waals surface area contributed by atoms with Crippen molar-refractivity contribution < 1.29 is 17.4 Å². The Morgan fingerprint density at radius 2 is 1.72 bits per heavy atom. The number of benzene rings is 3. The summed E-state index contributed by atoms with van der Waals surface area (Å²) in [7, 11) is -4.35. The minimum absolute atomic E-state index is 0.214. The lowest BCUT2D eigenvalue weighted by molar-refractivity contribution is 0.489. The van der Waals surface area contributed by atoms with Gasteiger partial charge in [0.15, 0.2) is 5.76 Å². The maximum atomic E-state index is 11.1. The number of rotatable bonds is 9. The van der Waals surface area contributed by atoms with Crippen LogP contribution in [-0.4, -0.2) is 22.9 Å². The van der Waals surface area contributed by atoms with E-state index >= 15 is 0 Å². The van der Waals surface area contributed by atoms with Crippen LogP contribution in [0.5, 0.6) is 0 Å². The smallest absolute Gasteiger partial charge is 0.357 e. The first-order valence-electron chi connectivity index (χ1n) is 11.0. The topological polar surface area (TPSA) is 117 Å². The van der Waals surface area contributed by atoms with Gasteiger partial charge in [-0.3, -0.25) is 9.27 Å². The first kappa shape index (κ1) is 23.7. The molecule has 0 saturated heterocycles. The number of nitrogens with one attached hydrogen (secondary N) is 2. The number of hydrogen-bond acceptors (Lipinski definition) is 7. The molecular weight excluding hydrogens is 496 g/mol. The van der Waals surface area contributed by atoms with Crippen LogP contribution in [0.25, 0.3) is 21.9 Å². The fraction of sp³-hybridized carbons (Fsp3) is 0.0769. The first-order chi connectivity index (χ1) is 17.4. The second-order valence-electron chi connectivity index (χ2n) is 7.92. The highest BCUT2D eigenvalue weighted by Gasteiger charge is 2.20. The molecule has 3 aromatic carbocycles. The number of thiazole rings is 1. The summed E-state index contributed by atoms with van der Waals surface area (Å²) in [4.78, 5) is 9.25. The van der Waals surface area contributed by atoms with Crippen LogP contribution in [0.3, 0.4) is 0 Å². The minimum Gasteiger partial charge on any atom is -0.424 e. The van der Waals surface area contributed by atoms with Gasteiger partial charge in [-0.05, 0) is 30.2 Å². The first-order valence-corrected chi connectivity index (χ1v) is 13.3. The molecule has 5 aromatic rings. The van der Waals surface area contributed by atoms with Crippen LogP contribution in [-0.2, 0) is 16.7 Å². The van der Waals surface area contributed by atoms with Gasteiger partial charge in [-0.15, -0.1) is 11.3 Å². The Labute approximate surface area is 212 Å². The third-order valence-electron chi connectivity index (χ3n) is 5.31. The third kappa shape index (κ3) is 5.98. The van der Waals surface area contributed by atoms with Gasteiger partial charge < -0.3 is 9.73 Å². The Morgan fingerprint density at radius 1 is 1.00 bits per heavy atom. The lowest BCUT2D eigenvalue weighted by Gasteiger charge is -2.16. The Morgan fingerprint density at radius 3 is 2.39 bits per heavy atom. The highest BCUT2D eigenvalue weighted by molar-refractivity contribution is 7.87. The summed E-state index contributed by atoms with van der Waals surface area (Å²) < 4.78 is 39.1. The van der Waals surface area contributed by atoms with E-state index in [0.717, 1.165) is 27.4 Å². The van der Waals surface area contributed by atoms with Crippen molar-refractivity contribution in [3.8, 4) is 21.9 Å². The monoisotopic (exact) mass is 517 g/mol. The molecule has 0 fully saturated rings. The summed E-state index contributed by atoms with van der Waals surface area (Å²) in [5.74, 6) is 0.646. The van der Waals surface area contributed by atoms with Crippen molar-refractivity contribution in [1.82, 2.24) is 9.97 Å². The summed E-state index contributed by atoms with van der Waals surface area (Å²) in [5, 5.41) is 6.24. The highest BCUT2D eigenvalue weighted by Crippen LogP contribution is 2.31. The van der Waals surface area contributed by atoms with Crippen molar-refractivity contribution in [2.45, 2.75) is 12.5 Å². The van der Waals surface area contributed by atoms with Gasteiger partial charge in [0.2, 0.25) is 0 Å². The van der Waals surface area contributed by atoms with E-state index in [-0.39, 0.29) is 11.7 Å². The Bertz CT molecular complexity index is 1530. The largest absolute Gasteiger partial charge is 0.424 e. The third-order valence-corrected chi connectivity index (χ3v) is 6.71. The maximum Gasteiger partial charge on any atom is 0.357 e. The molecule has 10 heteroatoms. The summed E-state index contributed by atoms with van der Waals surface area (Å²) in [6.45, 7) is 0. The van der Waals surface area contributed by atoms with E-state index in [2.05, 4.69) is 16.4 Å². The summed E-state index contributed by atoms with van der Waals surface area (Å²) >= 11 is 1.55. The standard InChI is InChI=1S/C26H21N4O4S2/c31-36(32,33)30-21-13-11-18(12-14-21)15-22(23-17-35-25(28-23)20-9-5-2-6-10-20)29-26-27-16-24(34-26)19-7-3-1-4-8-19/h1-11,13-14,16-17,22,30H,15H2,(H,27,29)(H,31,32,33). The summed E-state index contributed by atoms with van der Waals surface area (Å²) in [6.07, 6.45) is 2.15. The van der Waals surface area contributed by atoms with E-state index in [1.54, 1.807) is 29.7 Å². The van der Waals surface area contributed by atoms with Crippen LogP contribution >= 0.6 is 11.3 Å². The lowest BCUT2D eigenvalue weighted by Crippen LogP contribution is -2.15. The molecule has 0 aliphatic carbocycles. The molecule has 0 spiro atoms. The van der Waals surface area contributed by atoms with Crippen LogP contribution < -0.4 is 10.0 Å². The van der Waals surface area contributed by atoms with Gasteiger partial charge in [0.05, 0.1) is 23.6 Å². The molecule has 1 unspecified atom stereocenters. The summed E-state index contributed by atoms with van der Waals surface area (Å²) in [5.41, 5.74) is 3.78. The van der Waals surface area contributed by atoms with Crippen molar-refractivity contribution in [2.75, 3.05) is 10.0 Å². The molecule has 3 N–H and O–H groups in total. The maximum absolute atomic E-state index is 11.1. The number of oxazole rings is 1. The Balaban J connectivity index is 1.41. The van der Waals surface area contributed by atoms with Gasteiger partial charge in [-0.1, -0.05) is 66.7 Å². The fourth-order valence-corrected chi connectivity index (χ4v) is 4.94. The number of anilines is 2. The Kier molecular flexibility index (Phi) is 6.81. The number of nitrogens with zero attached hydrogens (tertiary/aromatic N) is 2. The fourth-order valence-electron chi connectivity index (χ4n) is 3.63. The molecule has 36 heavy (non-hydrogen) atoms. The predicted octanol–water partition coefficient (Wildman–Crippen LogP) is 5.88. The molecule has 0 aliphatic heterocycles. The average molecular weight is 518 g/mol. The van der Waals surface area contributed by atoms with Crippen molar-refractivity contribution >= 4 is 33.3 Å². The molecule has 5 rings (SSSR count). The number of hydrogen-bond donors (Lipinski definition) is 3. The molecule has 0 amide bonds. The molecule has 8 nitrogen and oxygen atoms in total. The van der Waals surface area contributed by atoms with Crippen LogP contribution in [0.4, 0.5) is 11.7 Å². The van der Waals surface area contributed by atoms with Crippen LogP contribution in [0.1, 0.15) is 17.3 Å². The molecule has 2 heterocycles. The lowest BCUT2D eigenvalue weighted by atomic mass is 10.0. The van der Waals surface area contributed by atoms with E-state index in [1.807, 2.05) is 70.8 Å². The van der Waals surface area contributed by atoms with Crippen molar-refractivity contribution in [3.63, 3.8) is 0 Å². The molecule has 1 radical (unpaired) electrons. The molecule has 2 aromatic heterocycles. The highest BCUT2D eigenvalue weighted by atomic mass is 32.2. The molecular formula is C26H21N4O4S2. The second-order valence-corrected chi connectivity index (χ2v) is 9.93. The zero-order valence-electron chi connectivity index (χ0n) is 18.8. The zero-order chi connectivity index (χ0) is 25.0. The van der Waals surface area contributed by atoms with Gasteiger partial charge >= 0.3 is 10.3 Å². The van der Waals surface area contributed by atoms with Crippen molar-refractivity contribution in [2.24, 2.45) is 0 Å². The van der Waals surface area contributed by atoms with Crippen LogP contribution in [0.2, 0.25) is 0 Å². The van der Waals surface area contributed by atoms with E-state index in [0.29, 0.717) is 18.2 Å². The second kappa shape index (κ2) is 10.3. The van der Waals surface area contributed by atoms with E-state index in [9.17, 15) is 8.42 Å². The Hall–Kier alpha value is -3.99. The van der Waals surface area contributed by atoms with Gasteiger partial charge in [0.25, 0.3) is 6.01 Å². The predicted molar refractivity (Wildman–Crippen MR) is 140 cm³/mol. The van der Waals surface area contributed by atoms with Crippen LogP contribution in [0.15, 0.2) is 94.9 Å². The van der Waals surface area contributed by atoms with E-state index < -0.39 is 10.3 Å². The van der Waals surface area contributed by atoms with Gasteiger partial charge in [0, 0.05) is 16.5 Å². The molecule has 1 atom stereocenters. The minimum atomic E-state index is -4.35. The zero-order valence-corrected chi connectivity index (χ0v) is 20.5. The van der Waals surface area contributed by atoms with Crippen molar-refractivity contribution in [1.29, 1.82) is 0 Å². The SMILES string of the molecule is O=S(=O)(O)Nc1c[c]c(CC(Nc2ncc(-c3ccccc3)o2)c2csc(-c3ccccc3)n2)cc1. The molecule has 0 aliphatic rings.